The second-order valence-corrected chi connectivity index (χ2v) is 8.82. The van der Waals surface area contributed by atoms with Crippen molar-refractivity contribution in [2.75, 3.05) is 72.0 Å². The number of hydrogen-bond acceptors (Lipinski definition) is 8. The van der Waals surface area contributed by atoms with Crippen molar-refractivity contribution in [3.05, 3.63) is 79.4 Å². The maximum atomic E-state index is 4.95. The third-order valence-corrected chi connectivity index (χ3v) is 6.70. The third-order valence-electron chi connectivity index (χ3n) is 6.70. The van der Waals surface area contributed by atoms with E-state index in [0.29, 0.717) is 5.95 Å². The number of benzene rings is 2. The van der Waals surface area contributed by atoms with Gasteiger partial charge in [0.15, 0.2) is 0 Å². The molecule has 0 N–H and O–H groups in total. The Labute approximate surface area is 205 Å². The average Bonchev–Trinajstić information content (AvgIpc) is 3.49. The Hall–Kier alpha value is -4.14. The highest BCUT2D eigenvalue weighted by Crippen LogP contribution is 2.23. The molecular formula is C26H29N9. The molecule has 2 fully saturated rings. The lowest BCUT2D eigenvalue weighted by molar-refractivity contribution is 0.621. The number of anilines is 4. The largest absolute Gasteiger partial charge is 0.368 e. The first kappa shape index (κ1) is 21.4. The molecule has 0 unspecified atom stereocenters. The van der Waals surface area contributed by atoms with E-state index in [-0.39, 0.29) is 0 Å². The van der Waals surface area contributed by atoms with Gasteiger partial charge in [-0.25, -0.2) is 4.98 Å². The summed E-state index contributed by atoms with van der Waals surface area (Å²) < 4.78 is 1.86. The van der Waals surface area contributed by atoms with Crippen LogP contribution in [0.2, 0.25) is 0 Å². The summed E-state index contributed by atoms with van der Waals surface area (Å²) in [6.07, 6.45) is 5.37. The fourth-order valence-corrected chi connectivity index (χ4v) is 4.73. The number of nitrogens with zero attached hydrogens (tertiary/aromatic N) is 9. The lowest BCUT2D eigenvalue weighted by Crippen LogP contribution is -2.48. The highest BCUT2D eigenvalue weighted by atomic mass is 15.4. The number of imidazole rings is 1. The molecule has 0 aliphatic carbocycles. The van der Waals surface area contributed by atoms with Crippen LogP contribution in [0.15, 0.2) is 79.4 Å². The van der Waals surface area contributed by atoms with Crippen molar-refractivity contribution in [2.24, 2.45) is 0 Å². The van der Waals surface area contributed by atoms with Crippen molar-refractivity contribution in [1.82, 2.24) is 24.5 Å². The molecule has 0 spiro atoms. The molecule has 6 rings (SSSR count). The summed E-state index contributed by atoms with van der Waals surface area (Å²) in [5, 5.41) is 0. The van der Waals surface area contributed by atoms with E-state index in [2.05, 4.69) is 85.2 Å². The van der Waals surface area contributed by atoms with Crippen LogP contribution in [0.25, 0.3) is 5.95 Å². The predicted octanol–water partition coefficient (Wildman–Crippen LogP) is 2.71. The Bertz CT molecular complexity index is 1140. The summed E-state index contributed by atoms with van der Waals surface area (Å²) in [6, 6.07) is 21.2. The van der Waals surface area contributed by atoms with Crippen molar-refractivity contribution in [2.45, 2.75) is 0 Å². The van der Waals surface area contributed by atoms with Crippen LogP contribution in [0.5, 0.6) is 0 Å². The highest BCUT2D eigenvalue weighted by molar-refractivity contribution is 5.51. The summed E-state index contributed by atoms with van der Waals surface area (Å²) in [4.78, 5) is 28.2. The molecule has 178 valence electrons. The van der Waals surface area contributed by atoms with Crippen molar-refractivity contribution in [3.8, 4) is 5.95 Å². The molecule has 2 aliphatic heterocycles. The first-order valence-corrected chi connectivity index (χ1v) is 12.2. The molecule has 0 radical (unpaired) electrons. The van der Waals surface area contributed by atoms with E-state index in [4.69, 9.17) is 15.0 Å². The lowest BCUT2D eigenvalue weighted by Gasteiger charge is -2.38. The van der Waals surface area contributed by atoms with Crippen molar-refractivity contribution < 1.29 is 0 Å². The van der Waals surface area contributed by atoms with Crippen LogP contribution >= 0.6 is 0 Å². The quantitative estimate of drug-likeness (QED) is 0.444. The number of aromatic nitrogens is 5. The molecule has 0 bridgehead atoms. The minimum atomic E-state index is 0.610. The van der Waals surface area contributed by atoms with Crippen molar-refractivity contribution in [3.63, 3.8) is 0 Å². The molecule has 9 heteroatoms. The van der Waals surface area contributed by atoms with Gasteiger partial charge >= 0.3 is 0 Å². The van der Waals surface area contributed by atoms with E-state index in [9.17, 15) is 0 Å². The number of para-hydroxylation sites is 2. The highest BCUT2D eigenvalue weighted by Gasteiger charge is 2.24. The van der Waals surface area contributed by atoms with Crippen LogP contribution in [0.1, 0.15) is 0 Å². The first-order valence-electron chi connectivity index (χ1n) is 12.2. The van der Waals surface area contributed by atoms with E-state index >= 15 is 0 Å². The SMILES string of the molecule is c1ccc(N2CCN(c3nc(N4CCN(c5ccccc5)CC4)nc(-n4ccnc4)n3)CC2)cc1. The Morgan fingerprint density at radius 3 is 1.34 bits per heavy atom. The Morgan fingerprint density at radius 2 is 0.914 bits per heavy atom. The summed E-state index contributed by atoms with van der Waals surface area (Å²) in [5.74, 6) is 2.08. The zero-order valence-electron chi connectivity index (χ0n) is 19.7. The normalized spacial score (nSPS) is 16.6. The molecule has 9 nitrogen and oxygen atoms in total. The second kappa shape index (κ2) is 9.61. The third kappa shape index (κ3) is 4.62. The zero-order valence-corrected chi connectivity index (χ0v) is 19.7. The maximum Gasteiger partial charge on any atom is 0.241 e. The number of hydrogen-bond donors (Lipinski definition) is 0. The lowest BCUT2D eigenvalue weighted by atomic mass is 10.2. The Balaban J connectivity index is 1.21. The summed E-state index contributed by atoms with van der Waals surface area (Å²) in [6.45, 7) is 7.19. The average molecular weight is 468 g/mol. The molecule has 2 aromatic carbocycles. The molecule has 0 saturated carbocycles. The van der Waals surface area contributed by atoms with Gasteiger partial charge in [-0.2, -0.15) is 15.0 Å². The van der Waals surface area contributed by atoms with Gasteiger partial charge in [0.2, 0.25) is 17.8 Å². The zero-order chi connectivity index (χ0) is 23.5. The standard InChI is InChI=1S/C26H29N9/c1-3-7-22(8-4-1)31-13-17-33(18-14-31)24-28-25(30-26(29-24)35-12-11-27-21-35)34-19-15-32(16-20-34)23-9-5-2-6-10-23/h1-12,21H,13-20H2. The van der Waals surface area contributed by atoms with Gasteiger partial charge in [-0.15, -0.1) is 0 Å². The second-order valence-electron chi connectivity index (χ2n) is 8.82. The number of piperazine rings is 2. The van der Waals surface area contributed by atoms with Gasteiger partial charge < -0.3 is 19.6 Å². The molecule has 2 aromatic heterocycles. The van der Waals surface area contributed by atoms with Crippen molar-refractivity contribution in [1.29, 1.82) is 0 Å². The smallest absolute Gasteiger partial charge is 0.241 e. The monoisotopic (exact) mass is 467 g/mol. The van der Waals surface area contributed by atoms with E-state index < -0.39 is 0 Å². The topological polar surface area (TPSA) is 69.5 Å². The van der Waals surface area contributed by atoms with Gasteiger partial charge in [-0.05, 0) is 24.3 Å². The molecular weight excluding hydrogens is 438 g/mol. The van der Waals surface area contributed by atoms with E-state index in [1.807, 2.05) is 10.8 Å². The fraction of sp³-hybridized carbons (Fsp3) is 0.308. The van der Waals surface area contributed by atoms with Gasteiger partial charge in [0, 0.05) is 76.1 Å². The Kier molecular flexibility index (Phi) is 5.88. The summed E-state index contributed by atoms with van der Waals surface area (Å²) >= 11 is 0. The van der Waals surface area contributed by atoms with E-state index in [1.54, 1.807) is 12.5 Å². The van der Waals surface area contributed by atoms with Crippen LogP contribution in [0, 0.1) is 0 Å². The molecule has 4 aromatic rings. The van der Waals surface area contributed by atoms with Gasteiger partial charge in [-0.3, -0.25) is 4.57 Å². The maximum absolute atomic E-state index is 4.95. The van der Waals surface area contributed by atoms with Crippen molar-refractivity contribution >= 4 is 23.3 Å². The van der Waals surface area contributed by atoms with Crippen LogP contribution in [0.4, 0.5) is 23.3 Å². The molecule has 4 heterocycles. The predicted molar refractivity (Wildman–Crippen MR) is 139 cm³/mol. The molecule has 0 amide bonds. The van der Waals surface area contributed by atoms with Gasteiger partial charge in [0.1, 0.15) is 6.33 Å². The van der Waals surface area contributed by atoms with Gasteiger partial charge in [0.05, 0.1) is 0 Å². The van der Waals surface area contributed by atoms with Crippen LogP contribution in [-0.4, -0.2) is 76.9 Å². The van der Waals surface area contributed by atoms with Gasteiger partial charge in [0.25, 0.3) is 0 Å². The van der Waals surface area contributed by atoms with E-state index in [1.165, 1.54) is 11.4 Å². The van der Waals surface area contributed by atoms with Crippen LogP contribution < -0.4 is 19.6 Å². The minimum absolute atomic E-state index is 0.610. The first-order chi connectivity index (χ1) is 17.3. The van der Waals surface area contributed by atoms with E-state index in [0.717, 1.165) is 64.3 Å². The summed E-state index contributed by atoms with van der Waals surface area (Å²) in [5.41, 5.74) is 2.53. The van der Waals surface area contributed by atoms with Crippen LogP contribution in [0.3, 0.4) is 0 Å². The molecule has 0 atom stereocenters. The van der Waals surface area contributed by atoms with Crippen LogP contribution in [-0.2, 0) is 0 Å². The summed E-state index contributed by atoms with van der Waals surface area (Å²) in [7, 11) is 0. The number of rotatable bonds is 5. The molecule has 35 heavy (non-hydrogen) atoms. The Morgan fingerprint density at radius 1 is 0.486 bits per heavy atom. The molecule has 2 aliphatic rings. The fourth-order valence-electron chi connectivity index (χ4n) is 4.73. The molecule has 2 saturated heterocycles. The van der Waals surface area contributed by atoms with Gasteiger partial charge in [-0.1, -0.05) is 36.4 Å². The minimum Gasteiger partial charge on any atom is -0.368 e.